The quantitative estimate of drug-likeness (QED) is 0.841. The lowest BCUT2D eigenvalue weighted by Gasteiger charge is -2.21. The van der Waals surface area contributed by atoms with Crippen molar-refractivity contribution in [2.45, 2.75) is 6.92 Å². The van der Waals surface area contributed by atoms with Crippen molar-refractivity contribution in [3.05, 3.63) is 29.3 Å². The zero-order chi connectivity index (χ0) is 14.4. The van der Waals surface area contributed by atoms with Crippen LogP contribution in [-0.4, -0.2) is 36.0 Å². The number of amides is 2. The van der Waals surface area contributed by atoms with Gasteiger partial charge in [0.1, 0.15) is 6.54 Å². The Balaban J connectivity index is 2.91. The summed E-state index contributed by atoms with van der Waals surface area (Å²) in [6, 6.07) is 6.27. The highest BCUT2D eigenvalue weighted by Gasteiger charge is 2.19. The first-order valence-corrected chi connectivity index (χ1v) is 5.80. The number of benzene rings is 1. The maximum atomic E-state index is 11.9. The van der Waals surface area contributed by atoms with Gasteiger partial charge in [0, 0.05) is 17.6 Å². The number of halogens is 1. The van der Waals surface area contributed by atoms with Crippen molar-refractivity contribution in [3.63, 3.8) is 0 Å². The molecule has 2 amide bonds. The molecule has 0 fully saturated rings. The normalized spacial score (nSPS) is 9.79. The Kier molecular flexibility index (Phi) is 5.32. The summed E-state index contributed by atoms with van der Waals surface area (Å²) in [5.41, 5.74) is 0.366. The molecule has 7 heteroatoms. The minimum Gasteiger partial charge on any atom is -0.480 e. The maximum absolute atomic E-state index is 11.9. The molecule has 1 aromatic carbocycles. The monoisotopic (exact) mass is 284 g/mol. The van der Waals surface area contributed by atoms with E-state index in [1.807, 2.05) is 0 Å². The van der Waals surface area contributed by atoms with Crippen LogP contribution in [0.1, 0.15) is 6.92 Å². The second-order valence-corrected chi connectivity index (χ2v) is 4.20. The van der Waals surface area contributed by atoms with Gasteiger partial charge in [-0.2, -0.15) is 0 Å². The third-order valence-corrected chi connectivity index (χ3v) is 2.44. The molecule has 0 unspecified atom stereocenters. The number of rotatable bonds is 5. The van der Waals surface area contributed by atoms with E-state index in [9.17, 15) is 14.4 Å². The van der Waals surface area contributed by atoms with Crippen LogP contribution in [-0.2, 0) is 14.4 Å². The van der Waals surface area contributed by atoms with E-state index in [4.69, 9.17) is 16.7 Å². The highest BCUT2D eigenvalue weighted by molar-refractivity contribution is 6.31. The molecule has 0 saturated heterocycles. The lowest BCUT2D eigenvalue weighted by molar-refractivity contribution is -0.136. The SMILES string of the molecule is CC(=O)NCC(=O)N(CC(=O)O)c1cccc(Cl)c1. The number of nitrogens with one attached hydrogen (secondary N) is 1. The zero-order valence-corrected chi connectivity index (χ0v) is 11.0. The fourth-order valence-electron chi connectivity index (χ4n) is 1.40. The second-order valence-electron chi connectivity index (χ2n) is 3.76. The van der Waals surface area contributed by atoms with Crippen LogP contribution in [0.15, 0.2) is 24.3 Å². The zero-order valence-electron chi connectivity index (χ0n) is 10.2. The maximum Gasteiger partial charge on any atom is 0.323 e. The van der Waals surface area contributed by atoms with Gasteiger partial charge in [0.25, 0.3) is 0 Å². The minimum atomic E-state index is -1.16. The number of hydrogen-bond donors (Lipinski definition) is 2. The first kappa shape index (κ1) is 15.0. The third kappa shape index (κ3) is 4.97. The molecule has 0 bridgehead atoms. The molecular formula is C12H13ClN2O4. The molecule has 0 atom stereocenters. The molecule has 0 heterocycles. The number of carbonyl (C=O) groups is 3. The number of hydrogen-bond acceptors (Lipinski definition) is 3. The van der Waals surface area contributed by atoms with Crippen molar-refractivity contribution in [3.8, 4) is 0 Å². The number of carbonyl (C=O) groups excluding carboxylic acids is 2. The van der Waals surface area contributed by atoms with Gasteiger partial charge >= 0.3 is 5.97 Å². The van der Waals surface area contributed by atoms with E-state index in [1.54, 1.807) is 18.2 Å². The number of carboxylic acid groups (broad SMARTS) is 1. The van der Waals surface area contributed by atoms with Gasteiger partial charge in [-0.15, -0.1) is 0 Å². The highest BCUT2D eigenvalue weighted by Crippen LogP contribution is 2.19. The van der Waals surface area contributed by atoms with Gasteiger partial charge in [0.05, 0.1) is 6.54 Å². The van der Waals surface area contributed by atoms with E-state index in [0.717, 1.165) is 4.90 Å². The largest absolute Gasteiger partial charge is 0.480 e. The van der Waals surface area contributed by atoms with Crippen molar-refractivity contribution in [1.29, 1.82) is 0 Å². The summed E-state index contributed by atoms with van der Waals surface area (Å²) >= 11 is 5.80. The predicted octanol–water partition coefficient (Wildman–Crippen LogP) is 0.894. The Morgan fingerprint density at radius 3 is 2.58 bits per heavy atom. The Bertz CT molecular complexity index is 504. The topological polar surface area (TPSA) is 86.7 Å². The van der Waals surface area contributed by atoms with Gasteiger partial charge < -0.3 is 10.4 Å². The average Bonchev–Trinajstić information content (AvgIpc) is 2.32. The number of aliphatic carboxylic acids is 1. The van der Waals surface area contributed by atoms with E-state index in [-0.39, 0.29) is 12.5 Å². The van der Waals surface area contributed by atoms with Crippen molar-refractivity contribution in [1.82, 2.24) is 5.32 Å². The average molecular weight is 285 g/mol. The molecule has 19 heavy (non-hydrogen) atoms. The van der Waals surface area contributed by atoms with Gasteiger partial charge in [0.2, 0.25) is 11.8 Å². The lowest BCUT2D eigenvalue weighted by atomic mass is 10.2. The van der Waals surface area contributed by atoms with Crippen LogP contribution in [0.3, 0.4) is 0 Å². The molecule has 0 aliphatic rings. The summed E-state index contributed by atoms with van der Waals surface area (Å²) in [5.74, 6) is -2.05. The van der Waals surface area contributed by atoms with Crippen LogP contribution >= 0.6 is 11.6 Å². The summed E-state index contributed by atoms with van der Waals surface area (Å²) in [6.45, 7) is 0.502. The summed E-state index contributed by atoms with van der Waals surface area (Å²) < 4.78 is 0. The van der Waals surface area contributed by atoms with Crippen molar-refractivity contribution < 1.29 is 19.5 Å². The standard InChI is InChI=1S/C12H13ClN2O4/c1-8(16)14-6-11(17)15(7-12(18)19)10-4-2-3-9(13)5-10/h2-5H,6-7H2,1H3,(H,14,16)(H,18,19). The second kappa shape index (κ2) is 6.75. The molecule has 2 N–H and O–H groups in total. The Hall–Kier alpha value is -2.08. The van der Waals surface area contributed by atoms with E-state index in [1.165, 1.54) is 13.0 Å². The summed E-state index contributed by atoms with van der Waals surface area (Å²) in [7, 11) is 0. The molecule has 0 aliphatic heterocycles. The molecule has 0 radical (unpaired) electrons. The summed E-state index contributed by atoms with van der Waals surface area (Å²) in [6.07, 6.45) is 0. The fraction of sp³-hybridized carbons (Fsp3) is 0.250. The van der Waals surface area contributed by atoms with Crippen molar-refractivity contribution in [2.75, 3.05) is 18.0 Å². The van der Waals surface area contributed by atoms with Crippen LogP contribution in [0.5, 0.6) is 0 Å². The molecule has 0 aromatic heterocycles. The minimum absolute atomic E-state index is 0.269. The van der Waals surface area contributed by atoms with Gasteiger partial charge in [-0.05, 0) is 18.2 Å². The summed E-state index contributed by atoms with van der Waals surface area (Å²) in [4.78, 5) is 34.5. The van der Waals surface area contributed by atoms with E-state index in [0.29, 0.717) is 10.7 Å². The van der Waals surface area contributed by atoms with Crippen molar-refractivity contribution >= 4 is 35.1 Å². The van der Waals surface area contributed by atoms with Gasteiger partial charge in [0.15, 0.2) is 0 Å². The Morgan fingerprint density at radius 1 is 1.37 bits per heavy atom. The van der Waals surface area contributed by atoms with Crippen LogP contribution in [0, 0.1) is 0 Å². The lowest BCUT2D eigenvalue weighted by Crippen LogP contribution is -2.42. The summed E-state index contributed by atoms with van der Waals surface area (Å²) in [5, 5.41) is 11.5. The Labute approximate surface area is 115 Å². The van der Waals surface area contributed by atoms with Gasteiger partial charge in [-0.25, -0.2) is 0 Å². The molecule has 6 nitrogen and oxygen atoms in total. The fourth-order valence-corrected chi connectivity index (χ4v) is 1.58. The van der Waals surface area contributed by atoms with Crippen LogP contribution < -0.4 is 10.2 Å². The molecule has 0 saturated carbocycles. The molecule has 0 spiro atoms. The van der Waals surface area contributed by atoms with Gasteiger partial charge in [-0.1, -0.05) is 17.7 Å². The van der Waals surface area contributed by atoms with Gasteiger partial charge in [-0.3, -0.25) is 19.3 Å². The smallest absolute Gasteiger partial charge is 0.323 e. The molecular weight excluding hydrogens is 272 g/mol. The molecule has 0 aliphatic carbocycles. The highest BCUT2D eigenvalue weighted by atomic mass is 35.5. The van der Waals surface area contributed by atoms with Crippen LogP contribution in [0.2, 0.25) is 5.02 Å². The molecule has 1 rings (SSSR count). The number of anilines is 1. The van der Waals surface area contributed by atoms with E-state index >= 15 is 0 Å². The third-order valence-electron chi connectivity index (χ3n) is 2.20. The first-order chi connectivity index (χ1) is 8.90. The first-order valence-electron chi connectivity index (χ1n) is 5.42. The predicted molar refractivity (Wildman–Crippen MR) is 70.1 cm³/mol. The van der Waals surface area contributed by atoms with Crippen molar-refractivity contribution in [2.24, 2.45) is 0 Å². The van der Waals surface area contributed by atoms with Crippen LogP contribution in [0.4, 0.5) is 5.69 Å². The number of nitrogens with zero attached hydrogens (tertiary/aromatic N) is 1. The molecule has 102 valence electrons. The molecule has 1 aromatic rings. The number of carboxylic acids is 1. The van der Waals surface area contributed by atoms with E-state index < -0.39 is 18.4 Å². The Morgan fingerprint density at radius 2 is 2.05 bits per heavy atom. The van der Waals surface area contributed by atoms with Crippen LogP contribution in [0.25, 0.3) is 0 Å². The van der Waals surface area contributed by atoms with E-state index in [2.05, 4.69) is 5.32 Å².